The molecule has 0 fully saturated rings. The van der Waals surface area contributed by atoms with Gasteiger partial charge < -0.3 is 0 Å². The highest BCUT2D eigenvalue weighted by atomic mass is 16.1. The highest BCUT2D eigenvalue weighted by molar-refractivity contribution is 5.82. The van der Waals surface area contributed by atoms with Crippen molar-refractivity contribution in [2.45, 2.75) is 41.0 Å². The molecule has 0 rings (SSSR count). The first-order valence-electron chi connectivity index (χ1n) is 4.48. The molecule has 0 N–H and O–H groups in total. The van der Waals surface area contributed by atoms with Gasteiger partial charge in [-0.25, -0.2) is 0 Å². The highest BCUT2D eigenvalue weighted by Crippen LogP contribution is 2.15. The third-order valence-electron chi connectivity index (χ3n) is 1.88. The van der Waals surface area contributed by atoms with Crippen LogP contribution in [-0.4, -0.2) is 5.78 Å². The zero-order valence-corrected chi connectivity index (χ0v) is 8.35. The summed E-state index contributed by atoms with van der Waals surface area (Å²) in [7, 11) is 0. The van der Waals surface area contributed by atoms with Crippen molar-refractivity contribution in [3.63, 3.8) is 0 Å². The molecule has 1 heteroatoms. The lowest BCUT2D eigenvalue weighted by atomic mass is 9.90. The van der Waals surface area contributed by atoms with E-state index in [2.05, 4.69) is 13.8 Å². The van der Waals surface area contributed by atoms with Gasteiger partial charge in [0.05, 0.1) is 0 Å². The summed E-state index contributed by atoms with van der Waals surface area (Å²) in [5.41, 5.74) is 0. The molecule has 1 nitrogen and oxygen atoms in total. The molecule has 0 bridgehead atoms. The molecule has 0 heterocycles. The van der Waals surface area contributed by atoms with Crippen LogP contribution in [0.25, 0.3) is 0 Å². The summed E-state index contributed by atoms with van der Waals surface area (Å²) in [5, 5.41) is 0. The Balaban J connectivity index is 3.83. The zero-order chi connectivity index (χ0) is 9.02. The van der Waals surface area contributed by atoms with Gasteiger partial charge in [-0.1, -0.05) is 34.6 Å². The predicted octanol–water partition coefficient (Wildman–Crippen LogP) is 2.89. The Morgan fingerprint density at radius 2 is 1.55 bits per heavy atom. The second kappa shape index (κ2) is 4.53. The van der Waals surface area contributed by atoms with E-state index in [4.69, 9.17) is 0 Å². The molecule has 0 aliphatic carbocycles. The third-order valence-corrected chi connectivity index (χ3v) is 1.88. The lowest BCUT2D eigenvalue weighted by Gasteiger charge is -2.14. The molecule has 0 aromatic rings. The van der Waals surface area contributed by atoms with Gasteiger partial charge in [-0.2, -0.15) is 0 Å². The number of hydrogen-bond donors (Lipinski definition) is 0. The summed E-state index contributed by atoms with van der Waals surface area (Å²) < 4.78 is 0. The molecule has 0 unspecified atom stereocenters. The van der Waals surface area contributed by atoms with Gasteiger partial charge in [0.1, 0.15) is 5.78 Å². The number of ketones is 1. The van der Waals surface area contributed by atoms with Crippen LogP contribution in [0.2, 0.25) is 0 Å². The van der Waals surface area contributed by atoms with Crippen LogP contribution in [-0.2, 0) is 4.79 Å². The van der Waals surface area contributed by atoms with Crippen LogP contribution in [0.4, 0.5) is 0 Å². The normalized spacial score (nSPS) is 14.1. The SMILES string of the molecule is CC(C)C[C@@H](C)C(=O)C(C)C. The average Bonchev–Trinajstić information content (AvgIpc) is 1.84. The predicted molar refractivity (Wildman–Crippen MR) is 48.5 cm³/mol. The van der Waals surface area contributed by atoms with Gasteiger partial charge in [0.25, 0.3) is 0 Å². The summed E-state index contributed by atoms with van der Waals surface area (Å²) in [6.07, 6.45) is 1.02. The first-order chi connectivity index (χ1) is 4.95. The largest absolute Gasteiger partial charge is 0.299 e. The summed E-state index contributed by atoms with van der Waals surface area (Å²) in [6, 6.07) is 0. The number of carbonyl (C=O) groups is 1. The first kappa shape index (κ1) is 10.7. The van der Waals surface area contributed by atoms with Crippen molar-refractivity contribution in [1.82, 2.24) is 0 Å². The number of hydrogen-bond acceptors (Lipinski definition) is 1. The maximum absolute atomic E-state index is 11.4. The van der Waals surface area contributed by atoms with Crippen molar-refractivity contribution in [3.05, 3.63) is 0 Å². The first-order valence-corrected chi connectivity index (χ1v) is 4.48. The highest BCUT2D eigenvalue weighted by Gasteiger charge is 2.16. The molecule has 0 aromatic carbocycles. The van der Waals surface area contributed by atoms with Crippen molar-refractivity contribution in [3.8, 4) is 0 Å². The molecule has 0 aliphatic heterocycles. The van der Waals surface area contributed by atoms with Crippen LogP contribution < -0.4 is 0 Å². The maximum atomic E-state index is 11.4. The van der Waals surface area contributed by atoms with Gasteiger partial charge in [0.15, 0.2) is 0 Å². The Hall–Kier alpha value is -0.330. The lowest BCUT2D eigenvalue weighted by Crippen LogP contribution is -2.18. The molecule has 1 atom stereocenters. The van der Waals surface area contributed by atoms with Gasteiger partial charge in [0.2, 0.25) is 0 Å². The van der Waals surface area contributed by atoms with Gasteiger partial charge in [-0.15, -0.1) is 0 Å². The van der Waals surface area contributed by atoms with Crippen molar-refractivity contribution in [1.29, 1.82) is 0 Å². The molecule has 0 aromatic heterocycles. The Kier molecular flexibility index (Phi) is 4.39. The zero-order valence-electron chi connectivity index (χ0n) is 8.35. The molecule has 11 heavy (non-hydrogen) atoms. The smallest absolute Gasteiger partial charge is 0.138 e. The molecule has 0 saturated carbocycles. The fraction of sp³-hybridized carbons (Fsp3) is 0.900. The quantitative estimate of drug-likeness (QED) is 0.611. The average molecular weight is 156 g/mol. The molecular weight excluding hydrogens is 136 g/mol. The lowest BCUT2D eigenvalue weighted by molar-refractivity contribution is -0.125. The number of Topliss-reactive ketones (excluding diaryl/α,β-unsaturated/α-hetero) is 1. The fourth-order valence-corrected chi connectivity index (χ4v) is 1.39. The van der Waals surface area contributed by atoms with E-state index in [0.717, 1.165) is 6.42 Å². The molecule has 0 aliphatic rings. The van der Waals surface area contributed by atoms with E-state index in [1.807, 2.05) is 20.8 Å². The monoisotopic (exact) mass is 156 g/mol. The fourth-order valence-electron chi connectivity index (χ4n) is 1.39. The van der Waals surface area contributed by atoms with Crippen molar-refractivity contribution in [2.75, 3.05) is 0 Å². The molecule has 0 radical (unpaired) electrons. The topological polar surface area (TPSA) is 17.1 Å². The van der Waals surface area contributed by atoms with Crippen LogP contribution in [0.5, 0.6) is 0 Å². The van der Waals surface area contributed by atoms with Gasteiger partial charge in [0, 0.05) is 11.8 Å². The molecule has 0 spiro atoms. The van der Waals surface area contributed by atoms with Gasteiger partial charge in [-0.3, -0.25) is 4.79 Å². The Morgan fingerprint density at radius 3 is 1.82 bits per heavy atom. The van der Waals surface area contributed by atoms with Crippen molar-refractivity contribution < 1.29 is 4.79 Å². The van der Waals surface area contributed by atoms with E-state index in [1.165, 1.54) is 0 Å². The second-order valence-corrected chi connectivity index (χ2v) is 4.09. The standard InChI is InChI=1S/C10H20O/c1-7(2)6-9(5)10(11)8(3)4/h7-9H,6H2,1-5H3/t9-/m1/s1. The second-order valence-electron chi connectivity index (χ2n) is 4.09. The Morgan fingerprint density at radius 1 is 1.09 bits per heavy atom. The number of rotatable bonds is 4. The van der Waals surface area contributed by atoms with E-state index >= 15 is 0 Å². The molecule has 66 valence electrons. The molecule has 0 amide bonds. The van der Waals surface area contributed by atoms with E-state index in [0.29, 0.717) is 11.7 Å². The van der Waals surface area contributed by atoms with E-state index in [9.17, 15) is 4.79 Å². The van der Waals surface area contributed by atoms with Crippen LogP contribution in [0, 0.1) is 17.8 Å². The van der Waals surface area contributed by atoms with Crippen molar-refractivity contribution >= 4 is 5.78 Å². The van der Waals surface area contributed by atoms with Gasteiger partial charge >= 0.3 is 0 Å². The van der Waals surface area contributed by atoms with E-state index < -0.39 is 0 Å². The minimum absolute atomic E-state index is 0.198. The van der Waals surface area contributed by atoms with Gasteiger partial charge in [-0.05, 0) is 12.3 Å². The van der Waals surface area contributed by atoms with Crippen LogP contribution >= 0.6 is 0 Å². The Bertz CT molecular complexity index is 125. The summed E-state index contributed by atoms with van der Waals surface area (Å²) in [5.74, 6) is 1.48. The van der Waals surface area contributed by atoms with E-state index in [1.54, 1.807) is 0 Å². The maximum Gasteiger partial charge on any atom is 0.138 e. The van der Waals surface area contributed by atoms with Crippen LogP contribution in [0.15, 0.2) is 0 Å². The molecule has 0 saturated heterocycles. The minimum atomic E-state index is 0.198. The van der Waals surface area contributed by atoms with Crippen LogP contribution in [0.1, 0.15) is 41.0 Å². The summed E-state index contributed by atoms with van der Waals surface area (Å²) >= 11 is 0. The molecular formula is C10H20O. The third kappa shape index (κ3) is 4.18. The number of carbonyl (C=O) groups excluding carboxylic acids is 1. The summed E-state index contributed by atoms with van der Waals surface area (Å²) in [6.45, 7) is 10.3. The van der Waals surface area contributed by atoms with Crippen LogP contribution in [0.3, 0.4) is 0 Å². The summed E-state index contributed by atoms with van der Waals surface area (Å²) in [4.78, 5) is 11.4. The Labute approximate surface area is 70.2 Å². The van der Waals surface area contributed by atoms with Crippen molar-refractivity contribution in [2.24, 2.45) is 17.8 Å². The minimum Gasteiger partial charge on any atom is -0.299 e. The van der Waals surface area contributed by atoms with E-state index in [-0.39, 0.29) is 11.8 Å².